The molecule has 0 aliphatic rings. The van der Waals surface area contributed by atoms with E-state index >= 15 is 0 Å². The van der Waals surface area contributed by atoms with Gasteiger partial charge in [-0.3, -0.25) is 0 Å². The Morgan fingerprint density at radius 2 is 2.25 bits per heavy atom. The van der Waals surface area contributed by atoms with Gasteiger partial charge in [-0.25, -0.2) is 4.39 Å². The highest BCUT2D eigenvalue weighted by Crippen LogP contribution is 2.14. The predicted octanol–water partition coefficient (Wildman–Crippen LogP) is 2.90. The lowest BCUT2D eigenvalue weighted by Gasteiger charge is -2.05. The van der Waals surface area contributed by atoms with Crippen molar-refractivity contribution in [2.75, 3.05) is 5.32 Å². The maximum atomic E-state index is 13.0. The SMILES string of the molecule is N#Cc1cc(NCc2ccoc2)ccc1F. The Kier molecular flexibility index (Phi) is 2.88. The minimum atomic E-state index is -0.503. The maximum absolute atomic E-state index is 13.0. The molecule has 16 heavy (non-hydrogen) atoms. The lowest BCUT2D eigenvalue weighted by atomic mass is 10.2. The topological polar surface area (TPSA) is 49.0 Å². The zero-order valence-corrected chi connectivity index (χ0v) is 8.40. The number of hydrogen-bond acceptors (Lipinski definition) is 3. The molecule has 0 saturated heterocycles. The molecule has 1 N–H and O–H groups in total. The summed E-state index contributed by atoms with van der Waals surface area (Å²) < 4.78 is 17.9. The van der Waals surface area contributed by atoms with Gasteiger partial charge in [-0.1, -0.05) is 0 Å². The van der Waals surface area contributed by atoms with Crippen LogP contribution in [-0.4, -0.2) is 0 Å². The van der Waals surface area contributed by atoms with Crippen LogP contribution in [0.25, 0.3) is 0 Å². The van der Waals surface area contributed by atoms with Crippen molar-refractivity contribution in [2.45, 2.75) is 6.54 Å². The van der Waals surface area contributed by atoms with Crippen LogP contribution in [0.1, 0.15) is 11.1 Å². The molecule has 0 aliphatic heterocycles. The zero-order valence-electron chi connectivity index (χ0n) is 8.40. The molecule has 0 unspecified atom stereocenters. The third kappa shape index (κ3) is 2.20. The van der Waals surface area contributed by atoms with Crippen molar-refractivity contribution in [1.29, 1.82) is 5.26 Å². The summed E-state index contributed by atoms with van der Waals surface area (Å²) in [6.45, 7) is 0.576. The summed E-state index contributed by atoms with van der Waals surface area (Å²) in [5.41, 5.74) is 1.74. The summed E-state index contributed by atoms with van der Waals surface area (Å²) in [5.74, 6) is -0.503. The van der Waals surface area contributed by atoms with Crippen LogP contribution >= 0.6 is 0 Å². The quantitative estimate of drug-likeness (QED) is 0.858. The van der Waals surface area contributed by atoms with Crippen LogP contribution in [-0.2, 0) is 6.54 Å². The van der Waals surface area contributed by atoms with Gasteiger partial charge in [0.1, 0.15) is 11.9 Å². The Morgan fingerprint density at radius 1 is 1.38 bits per heavy atom. The molecule has 1 heterocycles. The summed E-state index contributed by atoms with van der Waals surface area (Å²) >= 11 is 0. The molecule has 0 aliphatic carbocycles. The molecule has 1 aromatic carbocycles. The number of hydrogen-bond donors (Lipinski definition) is 1. The zero-order chi connectivity index (χ0) is 11.4. The molecular weight excluding hydrogens is 207 g/mol. The first-order valence-corrected chi connectivity index (χ1v) is 4.74. The maximum Gasteiger partial charge on any atom is 0.141 e. The molecule has 3 nitrogen and oxygen atoms in total. The van der Waals surface area contributed by atoms with Crippen LogP contribution in [0.15, 0.2) is 41.2 Å². The van der Waals surface area contributed by atoms with Gasteiger partial charge in [0.15, 0.2) is 0 Å². The molecule has 0 bridgehead atoms. The Bertz CT molecular complexity index is 514. The summed E-state index contributed by atoms with van der Waals surface area (Å²) in [5, 5.41) is 11.7. The molecule has 0 saturated carbocycles. The minimum Gasteiger partial charge on any atom is -0.472 e. The summed E-state index contributed by atoms with van der Waals surface area (Å²) in [6, 6.07) is 7.98. The molecule has 0 atom stereocenters. The van der Waals surface area contributed by atoms with Crippen LogP contribution in [0.4, 0.5) is 10.1 Å². The molecule has 0 radical (unpaired) electrons. The van der Waals surface area contributed by atoms with Crippen LogP contribution in [0.5, 0.6) is 0 Å². The lowest BCUT2D eigenvalue weighted by Crippen LogP contribution is -1.98. The molecule has 2 aromatic rings. The predicted molar refractivity (Wildman–Crippen MR) is 57.1 cm³/mol. The average Bonchev–Trinajstić information content (AvgIpc) is 2.81. The fourth-order valence-electron chi connectivity index (χ4n) is 1.32. The van der Waals surface area contributed by atoms with Gasteiger partial charge in [0.2, 0.25) is 0 Å². The highest BCUT2D eigenvalue weighted by Gasteiger charge is 2.02. The number of anilines is 1. The first-order valence-electron chi connectivity index (χ1n) is 4.74. The number of benzene rings is 1. The highest BCUT2D eigenvalue weighted by molar-refractivity contribution is 5.50. The number of nitrogens with zero attached hydrogens (tertiary/aromatic N) is 1. The normalized spacial score (nSPS) is 9.75. The Labute approximate surface area is 92.1 Å². The minimum absolute atomic E-state index is 0.0391. The van der Waals surface area contributed by atoms with E-state index in [9.17, 15) is 4.39 Å². The molecule has 4 heteroatoms. The Hall–Kier alpha value is -2.28. The van der Waals surface area contributed by atoms with E-state index < -0.39 is 5.82 Å². The van der Waals surface area contributed by atoms with Crippen molar-refractivity contribution < 1.29 is 8.81 Å². The first-order chi connectivity index (χ1) is 7.79. The molecule has 2 rings (SSSR count). The third-order valence-corrected chi connectivity index (χ3v) is 2.16. The van der Waals surface area contributed by atoms with Crippen molar-refractivity contribution in [1.82, 2.24) is 0 Å². The molecule has 0 spiro atoms. The van der Waals surface area contributed by atoms with Gasteiger partial charge in [0.05, 0.1) is 18.1 Å². The first kappa shape index (κ1) is 10.2. The van der Waals surface area contributed by atoms with E-state index in [0.29, 0.717) is 12.2 Å². The van der Waals surface area contributed by atoms with E-state index in [4.69, 9.17) is 9.68 Å². The van der Waals surface area contributed by atoms with Crippen molar-refractivity contribution in [3.05, 3.63) is 53.7 Å². The van der Waals surface area contributed by atoms with E-state index in [0.717, 1.165) is 5.56 Å². The third-order valence-electron chi connectivity index (χ3n) is 2.16. The molecule has 1 aromatic heterocycles. The second kappa shape index (κ2) is 4.49. The van der Waals surface area contributed by atoms with Gasteiger partial charge in [-0.15, -0.1) is 0 Å². The number of halogens is 1. The summed E-state index contributed by atoms with van der Waals surface area (Å²) in [7, 11) is 0. The van der Waals surface area contributed by atoms with Gasteiger partial charge in [-0.2, -0.15) is 5.26 Å². The Balaban J connectivity index is 2.08. The van der Waals surface area contributed by atoms with Gasteiger partial charge in [-0.05, 0) is 24.3 Å². The fourth-order valence-corrected chi connectivity index (χ4v) is 1.32. The van der Waals surface area contributed by atoms with E-state index in [1.165, 1.54) is 12.1 Å². The standard InChI is InChI=1S/C12H9FN2O/c13-12-2-1-11(5-10(12)6-14)15-7-9-3-4-16-8-9/h1-5,8,15H,7H2. The number of nitrogens with one attached hydrogen (secondary N) is 1. The summed E-state index contributed by atoms with van der Waals surface area (Å²) in [6.07, 6.45) is 3.21. The second-order valence-corrected chi connectivity index (χ2v) is 3.29. The van der Waals surface area contributed by atoms with Crippen LogP contribution in [0.3, 0.4) is 0 Å². The van der Waals surface area contributed by atoms with Gasteiger partial charge in [0.25, 0.3) is 0 Å². The number of furan rings is 1. The molecule has 0 amide bonds. The largest absolute Gasteiger partial charge is 0.472 e. The smallest absolute Gasteiger partial charge is 0.141 e. The number of nitriles is 1. The van der Waals surface area contributed by atoms with Crippen molar-refractivity contribution >= 4 is 5.69 Å². The van der Waals surface area contributed by atoms with E-state index in [1.54, 1.807) is 24.7 Å². The molecule has 80 valence electrons. The van der Waals surface area contributed by atoms with Gasteiger partial charge >= 0.3 is 0 Å². The second-order valence-electron chi connectivity index (χ2n) is 3.29. The van der Waals surface area contributed by atoms with E-state index in [2.05, 4.69) is 5.32 Å². The van der Waals surface area contributed by atoms with Crippen LogP contribution < -0.4 is 5.32 Å². The van der Waals surface area contributed by atoms with Crippen LogP contribution in [0, 0.1) is 17.1 Å². The molecular formula is C12H9FN2O. The molecule has 0 fully saturated rings. The monoisotopic (exact) mass is 216 g/mol. The average molecular weight is 216 g/mol. The fraction of sp³-hybridized carbons (Fsp3) is 0.0833. The lowest BCUT2D eigenvalue weighted by molar-refractivity contribution is 0.564. The van der Waals surface area contributed by atoms with Crippen molar-refractivity contribution in [3.63, 3.8) is 0 Å². The van der Waals surface area contributed by atoms with Crippen molar-refractivity contribution in [2.24, 2.45) is 0 Å². The van der Waals surface area contributed by atoms with E-state index in [-0.39, 0.29) is 5.56 Å². The summed E-state index contributed by atoms with van der Waals surface area (Å²) in [4.78, 5) is 0. The van der Waals surface area contributed by atoms with Gasteiger partial charge < -0.3 is 9.73 Å². The van der Waals surface area contributed by atoms with Crippen molar-refractivity contribution in [3.8, 4) is 6.07 Å². The number of rotatable bonds is 3. The van der Waals surface area contributed by atoms with Gasteiger partial charge in [0, 0.05) is 17.8 Å². The Morgan fingerprint density at radius 3 is 2.94 bits per heavy atom. The van der Waals surface area contributed by atoms with Crippen LogP contribution in [0.2, 0.25) is 0 Å². The highest BCUT2D eigenvalue weighted by atomic mass is 19.1. The van der Waals surface area contributed by atoms with E-state index in [1.807, 2.05) is 6.07 Å².